The van der Waals surface area contributed by atoms with Crippen LogP contribution in [0.4, 0.5) is 0 Å². The summed E-state index contributed by atoms with van der Waals surface area (Å²) in [6.07, 6.45) is 26.2. The standard InChI is InChI=1S/C30H48N4O2/c35-28(23-13-5-1-6-14-23)33(25-17-9-3-10-18-25)27-21-22-31-30(32-27)34(26-19-11-4-12-20-26)29(36)24-15-7-2-8-16-24/h21-26,30,32H,1-20H2. The monoisotopic (exact) mass is 496 g/mol. The van der Waals surface area contributed by atoms with Crippen molar-refractivity contribution in [2.45, 2.75) is 147 Å². The fourth-order valence-corrected chi connectivity index (χ4v) is 7.50. The number of aliphatic imine (C=N–C) groups is 1. The van der Waals surface area contributed by atoms with Crippen LogP contribution >= 0.6 is 0 Å². The van der Waals surface area contributed by atoms with Crippen molar-refractivity contribution >= 4 is 18.0 Å². The molecular weight excluding hydrogens is 448 g/mol. The first-order valence-corrected chi connectivity index (χ1v) is 15.4. The predicted octanol–water partition coefficient (Wildman–Crippen LogP) is 6.27. The van der Waals surface area contributed by atoms with E-state index in [9.17, 15) is 9.59 Å². The molecule has 1 unspecified atom stereocenters. The number of carbonyl (C=O) groups excluding carboxylic acids is 2. The van der Waals surface area contributed by atoms with Crippen LogP contribution in [-0.4, -0.2) is 46.2 Å². The fourth-order valence-electron chi connectivity index (χ4n) is 7.50. The molecule has 0 saturated heterocycles. The second kappa shape index (κ2) is 12.6. The van der Waals surface area contributed by atoms with Crippen molar-refractivity contribution in [1.82, 2.24) is 15.1 Å². The Kier molecular flexibility index (Phi) is 9.02. The fraction of sp³-hybridized carbons (Fsp3) is 0.833. The molecule has 4 aliphatic carbocycles. The Balaban J connectivity index is 1.38. The van der Waals surface area contributed by atoms with Crippen molar-refractivity contribution in [3.63, 3.8) is 0 Å². The maximum Gasteiger partial charge on any atom is 0.231 e. The van der Waals surface area contributed by atoms with Gasteiger partial charge >= 0.3 is 0 Å². The van der Waals surface area contributed by atoms with Gasteiger partial charge in [0.25, 0.3) is 0 Å². The number of nitrogens with one attached hydrogen (secondary N) is 1. The van der Waals surface area contributed by atoms with Crippen molar-refractivity contribution < 1.29 is 9.59 Å². The summed E-state index contributed by atoms with van der Waals surface area (Å²) in [6.45, 7) is 0. The highest BCUT2D eigenvalue weighted by Crippen LogP contribution is 2.34. The summed E-state index contributed by atoms with van der Waals surface area (Å²) < 4.78 is 0. The minimum Gasteiger partial charge on any atom is -0.333 e. The smallest absolute Gasteiger partial charge is 0.231 e. The van der Waals surface area contributed by atoms with E-state index >= 15 is 0 Å². The van der Waals surface area contributed by atoms with Crippen LogP contribution in [-0.2, 0) is 9.59 Å². The van der Waals surface area contributed by atoms with Gasteiger partial charge in [0.05, 0.1) is 0 Å². The Morgan fingerprint density at radius 1 is 0.639 bits per heavy atom. The van der Waals surface area contributed by atoms with E-state index in [4.69, 9.17) is 4.99 Å². The molecule has 1 heterocycles. The lowest BCUT2D eigenvalue weighted by molar-refractivity contribution is -0.143. The molecule has 200 valence electrons. The molecule has 0 bridgehead atoms. The van der Waals surface area contributed by atoms with Crippen LogP contribution in [0.25, 0.3) is 0 Å². The lowest BCUT2D eigenvalue weighted by Gasteiger charge is -2.44. The van der Waals surface area contributed by atoms with Gasteiger partial charge in [-0.15, -0.1) is 0 Å². The third-order valence-corrected chi connectivity index (χ3v) is 9.57. The zero-order valence-corrected chi connectivity index (χ0v) is 22.3. The second-order valence-corrected chi connectivity index (χ2v) is 12.1. The molecule has 36 heavy (non-hydrogen) atoms. The molecule has 4 fully saturated rings. The minimum atomic E-state index is -0.396. The molecule has 6 nitrogen and oxygen atoms in total. The molecule has 0 radical (unpaired) electrons. The van der Waals surface area contributed by atoms with Gasteiger partial charge in [-0.1, -0.05) is 77.0 Å². The molecule has 2 amide bonds. The summed E-state index contributed by atoms with van der Waals surface area (Å²) in [5.41, 5.74) is 0. The summed E-state index contributed by atoms with van der Waals surface area (Å²) in [6, 6.07) is 0.510. The van der Waals surface area contributed by atoms with E-state index in [0.717, 1.165) is 82.9 Å². The quantitative estimate of drug-likeness (QED) is 0.471. The maximum atomic E-state index is 14.0. The van der Waals surface area contributed by atoms with Crippen LogP contribution in [0.5, 0.6) is 0 Å². The highest BCUT2D eigenvalue weighted by Gasteiger charge is 2.39. The molecule has 0 aromatic carbocycles. The van der Waals surface area contributed by atoms with Crippen molar-refractivity contribution in [1.29, 1.82) is 0 Å². The summed E-state index contributed by atoms with van der Waals surface area (Å²) in [5, 5.41) is 3.66. The highest BCUT2D eigenvalue weighted by atomic mass is 16.2. The first-order valence-electron chi connectivity index (χ1n) is 15.4. The topological polar surface area (TPSA) is 65.0 Å². The number of hydrogen-bond acceptors (Lipinski definition) is 4. The molecule has 4 saturated carbocycles. The first-order chi connectivity index (χ1) is 17.7. The van der Waals surface area contributed by atoms with Crippen molar-refractivity contribution in [3.8, 4) is 0 Å². The lowest BCUT2D eigenvalue weighted by atomic mass is 9.86. The van der Waals surface area contributed by atoms with Gasteiger partial charge in [-0.05, 0) is 57.4 Å². The third kappa shape index (κ3) is 5.99. The third-order valence-electron chi connectivity index (χ3n) is 9.57. The molecule has 0 spiro atoms. The SMILES string of the molecule is O=C(C1CCCCC1)N(C1=CC=NC(N(C(=O)C2CCCCC2)C2CCCCC2)N1)C1CCCCC1. The Morgan fingerprint density at radius 2 is 1.11 bits per heavy atom. The van der Waals surface area contributed by atoms with Gasteiger partial charge in [0.2, 0.25) is 11.8 Å². The van der Waals surface area contributed by atoms with Crippen LogP contribution in [0.2, 0.25) is 0 Å². The Labute approximate surface area is 218 Å². The molecule has 0 aromatic rings. The summed E-state index contributed by atoms with van der Waals surface area (Å²) in [4.78, 5) is 37.0. The first kappa shape index (κ1) is 25.8. The molecular formula is C30H48N4O2. The normalized spacial score (nSPS) is 27.2. The maximum absolute atomic E-state index is 14.0. The Hall–Kier alpha value is -1.85. The highest BCUT2D eigenvalue weighted by molar-refractivity contribution is 5.84. The van der Waals surface area contributed by atoms with Gasteiger partial charge in [0.15, 0.2) is 6.29 Å². The second-order valence-electron chi connectivity index (χ2n) is 12.1. The van der Waals surface area contributed by atoms with Crippen LogP contribution in [0.15, 0.2) is 16.9 Å². The van der Waals surface area contributed by atoms with Crippen LogP contribution < -0.4 is 5.32 Å². The largest absolute Gasteiger partial charge is 0.333 e. The molecule has 1 aliphatic heterocycles. The van der Waals surface area contributed by atoms with Gasteiger partial charge in [0, 0.05) is 30.1 Å². The molecule has 5 aliphatic rings. The summed E-state index contributed by atoms with van der Waals surface area (Å²) in [7, 11) is 0. The van der Waals surface area contributed by atoms with E-state index in [1.165, 1.54) is 51.4 Å². The van der Waals surface area contributed by atoms with Crippen molar-refractivity contribution in [3.05, 3.63) is 11.9 Å². The summed E-state index contributed by atoms with van der Waals surface area (Å²) in [5.74, 6) is 1.75. The van der Waals surface area contributed by atoms with E-state index in [-0.39, 0.29) is 23.9 Å². The average molecular weight is 497 g/mol. The molecule has 1 atom stereocenters. The van der Waals surface area contributed by atoms with Gasteiger partial charge in [0.1, 0.15) is 5.82 Å². The number of amides is 2. The predicted molar refractivity (Wildman–Crippen MR) is 144 cm³/mol. The van der Waals surface area contributed by atoms with Crippen molar-refractivity contribution in [2.75, 3.05) is 0 Å². The van der Waals surface area contributed by atoms with Crippen molar-refractivity contribution in [2.24, 2.45) is 16.8 Å². The van der Waals surface area contributed by atoms with Gasteiger partial charge < -0.3 is 10.2 Å². The number of nitrogens with zero attached hydrogens (tertiary/aromatic N) is 3. The number of rotatable bonds is 6. The van der Waals surface area contributed by atoms with Gasteiger partial charge in [-0.2, -0.15) is 0 Å². The van der Waals surface area contributed by atoms with E-state index in [1.54, 1.807) is 0 Å². The van der Waals surface area contributed by atoms with E-state index in [0.29, 0.717) is 11.8 Å². The number of allylic oxidation sites excluding steroid dienone is 1. The average Bonchev–Trinajstić information content (AvgIpc) is 2.96. The Morgan fingerprint density at radius 3 is 1.67 bits per heavy atom. The summed E-state index contributed by atoms with van der Waals surface area (Å²) >= 11 is 0. The zero-order valence-electron chi connectivity index (χ0n) is 22.3. The van der Waals surface area contributed by atoms with E-state index in [1.807, 2.05) is 12.3 Å². The van der Waals surface area contributed by atoms with Crippen LogP contribution in [0, 0.1) is 11.8 Å². The molecule has 5 rings (SSSR count). The molecule has 0 aromatic heterocycles. The number of carbonyl (C=O) groups is 2. The number of hydrogen-bond donors (Lipinski definition) is 1. The minimum absolute atomic E-state index is 0.130. The zero-order chi connectivity index (χ0) is 24.7. The van der Waals surface area contributed by atoms with E-state index < -0.39 is 6.29 Å². The van der Waals surface area contributed by atoms with Crippen LogP contribution in [0.1, 0.15) is 128 Å². The lowest BCUT2D eigenvalue weighted by Crippen LogP contribution is -2.58. The Bertz CT molecular complexity index is 800. The molecule has 1 N–H and O–H groups in total. The van der Waals surface area contributed by atoms with Gasteiger partial charge in [-0.3, -0.25) is 14.5 Å². The van der Waals surface area contributed by atoms with E-state index in [2.05, 4.69) is 15.1 Å². The molecule has 6 heteroatoms. The van der Waals surface area contributed by atoms with Gasteiger partial charge in [-0.25, -0.2) is 4.99 Å². The van der Waals surface area contributed by atoms with Crippen LogP contribution in [0.3, 0.4) is 0 Å².